The van der Waals surface area contributed by atoms with Gasteiger partial charge in [0.05, 0.1) is 5.56 Å². The van der Waals surface area contributed by atoms with Crippen molar-refractivity contribution in [3.05, 3.63) is 67.0 Å². The number of hydrogen-bond acceptors (Lipinski definition) is 7. The first-order chi connectivity index (χ1) is 16.3. The van der Waals surface area contributed by atoms with Gasteiger partial charge in [-0.05, 0) is 49.8 Å². The van der Waals surface area contributed by atoms with Gasteiger partial charge in [0.25, 0.3) is 5.91 Å². The molecule has 10 nitrogen and oxygen atoms in total. The molecule has 3 heterocycles. The lowest BCUT2D eigenvalue weighted by Gasteiger charge is -2.33. The van der Waals surface area contributed by atoms with E-state index in [-0.39, 0.29) is 17.6 Å². The van der Waals surface area contributed by atoms with E-state index in [1.165, 1.54) is 17.0 Å². The molecule has 2 aromatic heterocycles. The van der Waals surface area contributed by atoms with E-state index in [0.717, 1.165) is 11.1 Å². The van der Waals surface area contributed by atoms with Crippen LogP contribution in [0.4, 0.5) is 11.5 Å². The van der Waals surface area contributed by atoms with E-state index in [1.54, 1.807) is 38.1 Å². The number of carbonyl (C=O) groups is 2. The number of benzene rings is 2. The van der Waals surface area contributed by atoms with Crippen LogP contribution in [-0.2, 0) is 4.79 Å². The second kappa shape index (κ2) is 7.69. The third-order valence-electron chi connectivity index (χ3n) is 5.37. The molecule has 0 fully saturated rings. The molecule has 0 aliphatic carbocycles. The first-order valence-corrected chi connectivity index (χ1v) is 10.4. The molecule has 5 rings (SSSR count). The van der Waals surface area contributed by atoms with Crippen molar-refractivity contribution in [1.29, 1.82) is 0 Å². The molecule has 0 saturated heterocycles. The fraction of sp³-hybridized carbons (Fsp3) is 0.125. The van der Waals surface area contributed by atoms with Crippen LogP contribution in [0.2, 0.25) is 0 Å². The molecular formula is C24H21N7O3. The van der Waals surface area contributed by atoms with Crippen LogP contribution in [0.15, 0.2) is 61.4 Å². The van der Waals surface area contributed by atoms with Gasteiger partial charge >= 0.3 is 0 Å². The molecule has 4 N–H and O–H groups in total. The van der Waals surface area contributed by atoms with Crippen LogP contribution in [0.1, 0.15) is 24.2 Å². The number of rotatable bonds is 4. The molecule has 1 aliphatic heterocycles. The molecule has 1 aliphatic rings. The fourth-order valence-electron chi connectivity index (χ4n) is 3.89. The summed E-state index contributed by atoms with van der Waals surface area (Å²) < 4.78 is 7.44. The maximum atomic E-state index is 12.5. The second-order valence-corrected chi connectivity index (χ2v) is 8.26. The highest BCUT2D eigenvalue weighted by Gasteiger charge is 2.32. The van der Waals surface area contributed by atoms with Crippen LogP contribution in [0.5, 0.6) is 5.75 Å². The van der Waals surface area contributed by atoms with E-state index < -0.39 is 5.72 Å². The average Bonchev–Trinajstić information content (AvgIpc) is 3.19. The Labute approximate surface area is 194 Å². The molecule has 0 saturated carbocycles. The Kier molecular flexibility index (Phi) is 4.78. The molecule has 0 bridgehead atoms. The number of aromatic nitrogens is 4. The number of anilines is 2. The van der Waals surface area contributed by atoms with Gasteiger partial charge in [0.1, 0.15) is 23.3 Å². The summed E-state index contributed by atoms with van der Waals surface area (Å²) in [6.07, 6.45) is 2.54. The summed E-state index contributed by atoms with van der Waals surface area (Å²) >= 11 is 0. The largest absolute Gasteiger partial charge is 0.468 e. The van der Waals surface area contributed by atoms with Crippen molar-refractivity contribution in [2.45, 2.75) is 19.6 Å². The summed E-state index contributed by atoms with van der Waals surface area (Å²) in [4.78, 5) is 28.2. The van der Waals surface area contributed by atoms with Gasteiger partial charge in [0, 0.05) is 16.8 Å². The average molecular weight is 455 g/mol. The normalized spacial score (nSPS) is 14.1. The Morgan fingerprint density at radius 1 is 1.21 bits per heavy atom. The number of carbonyl (C=O) groups excluding carboxylic acids is 2. The van der Waals surface area contributed by atoms with Crippen LogP contribution in [-0.4, -0.2) is 37.4 Å². The first kappa shape index (κ1) is 21.1. The van der Waals surface area contributed by atoms with E-state index in [9.17, 15) is 9.59 Å². The second-order valence-electron chi connectivity index (χ2n) is 8.26. The Bertz CT molecular complexity index is 1470. The highest BCUT2D eigenvalue weighted by molar-refractivity contribution is 6.02. The number of ether oxygens (including phenoxy) is 1. The number of nitrogens with two attached hydrogens (primary N) is 1. The van der Waals surface area contributed by atoms with Crippen molar-refractivity contribution in [2.75, 3.05) is 11.1 Å². The summed E-state index contributed by atoms with van der Waals surface area (Å²) in [6, 6.07) is 12.5. The van der Waals surface area contributed by atoms with E-state index in [2.05, 4.69) is 32.4 Å². The Hall–Kier alpha value is -4.73. The molecule has 0 atom stereocenters. The molecule has 4 aromatic rings. The molecular weight excluding hydrogens is 434 g/mol. The number of nitrogens with one attached hydrogen (secondary N) is 2. The molecule has 2 amide bonds. The molecule has 170 valence electrons. The Morgan fingerprint density at radius 2 is 1.94 bits per heavy atom. The van der Waals surface area contributed by atoms with Gasteiger partial charge in [-0.3, -0.25) is 9.59 Å². The van der Waals surface area contributed by atoms with Crippen LogP contribution < -0.4 is 21.1 Å². The molecule has 34 heavy (non-hydrogen) atoms. The van der Waals surface area contributed by atoms with Crippen LogP contribution >= 0.6 is 0 Å². The van der Waals surface area contributed by atoms with Gasteiger partial charge in [0.2, 0.25) is 5.91 Å². The highest BCUT2D eigenvalue weighted by Crippen LogP contribution is 2.40. The highest BCUT2D eigenvalue weighted by atomic mass is 16.5. The van der Waals surface area contributed by atoms with Crippen molar-refractivity contribution in [3.8, 4) is 28.1 Å². The lowest BCUT2D eigenvalue weighted by molar-refractivity contribution is -0.111. The first-order valence-electron chi connectivity index (χ1n) is 10.4. The zero-order chi connectivity index (χ0) is 24.0. The van der Waals surface area contributed by atoms with Crippen LogP contribution in [0.25, 0.3) is 27.9 Å². The maximum Gasteiger partial charge on any atom is 0.258 e. The number of hydrogen-bond donors (Lipinski definition) is 3. The van der Waals surface area contributed by atoms with E-state index in [1.807, 2.05) is 18.2 Å². The third-order valence-corrected chi connectivity index (χ3v) is 5.37. The van der Waals surface area contributed by atoms with E-state index in [0.29, 0.717) is 33.8 Å². The summed E-state index contributed by atoms with van der Waals surface area (Å²) in [5.41, 5.74) is 9.76. The van der Waals surface area contributed by atoms with Gasteiger partial charge in [-0.1, -0.05) is 24.8 Å². The summed E-state index contributed by atoms with van der Waals surface area (Å²) in [5, 5.41) is 14.4. The van der Waals surface area contributed by atoms with Gasteiger partial charge in [-0.25, -0.2) is 4.98 Å². The predicted octanol–water partition coefficient (Wildman–Crippen LogP) is 3.02. The molecule has 0 unspecified atom stereocenters. The van der Waals surface area contributed by atoms with Gasteiger partial charge in [-0.2, -0.15) is 0 Å². The van der Waals surface area contributed by atoms with Crippen molar-refractivity contribution < 1.29 is 14.3 Å². The number of amides is 2. The summed E-state index contributed by atoms with van der Waals surface area (Å²) in [5.74, 6) is 0.202. The zero-order valence-electron chi connectivity index (χ0n) is 18.5. The van der Waals surface area contributed by atoms with E-state index in [4.69, 9.17) is 10.5 Å². The summed E-state index contributed by atoms with van der Waals surface area (Å²) in [6.45, 7) is 7.01. The molecule has 10 heteroatoms. The van der Waals surface area contributed by atoms with Crippen molar-refractivity contribution >= 4 is 28.8 Å². The lowest BCUT2D eigenvalue weighted by atomic mass is 9.97. The minimum atomic E-state index is -0.847. The minimum absolute atomic E-state index is 0.210. The quantitative estimate of drug-likeness (QED) is 0.402. The van der Waals surface area contributed by atoms with Gasteiger partial charge in [0.15, 0.2) is 11.5 Å². The maximum absolute atomic E-state index is 12.5. The van der Waals surface area contributed by atoms with Crippen molar-refractivity contribution in [1.82, 2.24) is 25.1 Å². The standard InChI is InChI=1S/C24H21N7O3/c1-4-18(32)28-15-8-5-13(6-9-15)20-19(21-22(25)26-12-27-31(21)30-20)14-7-10-16-17(11-14)34-24(2,3)29-23(16)33/h4-12H,1H2,2-3H3,(H,28,32)(H,29,33)(H2,25,26,27). The Morgan fingerprint density at radius 3 is 2.68 bits per heavy atom. The lowest BCUT2D eigenvalue weighted by Crippen LogP contribution is -2.51. The van der Waals surface area contributed by atoms with Gasteiger partial charge < -0.3 is 21.1 Å². The SMILES string of the molecule is C=CC(=O)Nc1ccc(-c2nn3ncnc(N)c3c2-c2ccc3c(c2)OC(C)(C)NC3=O)cc1. The topological polar surface area (TPSA) is 137 Å². The van der Waals surface area contributed by atoms with Crippen LogP contribution in [0.3, 0.4) is 0 Å². The Balaban J connectivity index is 1.68. The predicted molar refractivity (Wildman–Crippen MR) is 127 cm³/mol. The smallest absolute Gasteiger partial charge is 0.258 e. The fourth-order valence-corrected chi connectivity index (χ4v) is 3.89. The van der Waals surface area contributed by atoms with Crippen molar-refractivity contribution in [2.24, 2.45) is 0 Å². The molecule has 2 aromatic carbocycles. The summed E-state index contributed by atoms with van der Waals surface area (Å²) in [7, 11) is 0. The zero-order valence-corrected chi connectivity index (χ0v) is 18.5. The number of nitrogen functional groups attached to an aromatic ring is 1. The van der Waals surface area contributed by atoms with Crippen molar-refractivity contribution in [3.63, 3.8) is 0 Å². The number of fused-ring (bicyclic) bond motifs is 2. The molecule has 0 radical (unpaired) electrons. The minimum Gasteiger partial charge on any atom is -0.468 e. The third kappa shape index (κ3) is 3.60. The molecule has 0 spiro atoms. The van der Waals surface area contributed by atoms with E-state index >= 15 is 0 Å². The van der Waals surface area contributed by atoms with Gasteiger partial charge in [-0.15, -0.1) is 14.8 Å². The van der Waals surface area contributed by atoms with Crippen LogP contribution in [0, 0.1) is 0 Å². The number of nitrogens with zero attached hydrogens (tertiary/aromatic N) is 4. The monoisotopic (exact) mass is 455 g/mol.